The summed E-state index contributed by atoms with van der Waals surface area (Å²) in [7, 11) is 0. The van der Waals surface area contributed by atoms with E-state index in [1.165, 1.54) is 6.08 Å². The number of piperidine rings is 1. The summed E-state index contributed by atoms with van der Waals surface area (Å²) in [6.45, 7) is 8.50. The minimum absolute atomic E-state index is 0.208. The van der Waals surface area contributed by atoms with Crippen LogP contribution >= 0.6 is 0 Å². The van der Waals surface area contributed by atoms with Gasteiger partial charge in [0.2, 0.25) is 11.8 Å². The molecule has 2 atom stereocenters. The van der Waals surface area contributed by atoms with Crippen molar-refractivity contribution < 1.29 is 19.1 Å². The Kier molecular flexibility index (Phi) is 9.89. The molecule has 8 nitrogen and oxygen atoms in total. The number of hydrogen-bond donors (Lipinski definition) is 3. The molecule has 2 aromatic carbocycles. The Morgan fingerprint density at radius 2 is 1.86 bits per heavy atom. The number of nitrogens with two attached hydrogens (primary N) is 1. The number of amides is 2. The number of carbonyl (C=O) groups is 3. The molecule has 224 valence electrons. The number of aromatic nitrogens is 1. The number of H-pyrrole nitrogens is 1. The molecule has 1 saturated heterocycles. The lowest BCUT2D eigenvalue weighted by atomic mass is 9.75. The highest BCUT2D eigenvalue weighted by Crippen LogP contribution is 2.36. The first-order valence-corrected chi connectivity index (χ1v) is 14.8. The van der Waals surface area contributed by atoms with Crippen LogP contribution in [-0.4, -0.2) is 58.9 Å². The smallest absolute Gasteiger partial charge is 0.314 e. The molecule has 0 aliphatic carbocycles. The van der Waals surface area contributed by atoms with E-state index >= 15 is 0 Å². The summed E-state index contributed by atoms with van der Waals surface area (Å²) in [5.74, 6) is -0.834. The van der Waals surface area contributed by atoms with Gasteiger partial charge in [-0.25, -0.2) is 0 Å². The average molecular weight is 573 g/mol. The van der Waals surface area contributed by atoms with Gasteiger partial charge in [-0.05, 0) is 70.6 Å². The molecule has 3 aromatic rings. The van der Waals surface area contributed by atoms with E-state index in [-0.39, 0.29) is 30.9 Å². The molecule has 1 aromatic heterocycles. The van der Waals surface area contributed by atoms with Gasteiger partial charge in [-0.3, -0.25) is 14.4 Å². The molecule has 2 amide bonds. The highest BCUT2D eigenvalue weighted by atomic mass is 16.5. The molecule has 4 rings (SSSR count). The van der Waals surface area contributed by atoms with Crippen LogP contribution in [0.2, 0.25) is 0 Å². The molecule has 1 aliphatic heterocycles. The number of nitrogens with zero attached hydrogens (tertiary/aromatic N) is 1. The summed E-state index contributed by atoms with van der Waals surface area (Å²) in [5.41, 5.74) is 8.60. The Morgan fingerprint density at radius 3 is 2.57 bits per heavy atom. The fourth-order valence-electron chi connectivity index (χ4n) is 6.12. The zero-order valence-electron chi connectivity index (χ0n) is 25.2. The maximum atomic E-state index is 14.2. The van der Waals surface area contributed by atoms with Gasteiger partial charge in [-0.1, -0.05) is 54.1 Å². The zero-order valence-corrected chi connectivity index (χ0v) is 25.2. The molecule has 1 unspecified atom stereocenters. The number of fused-ring (bicyclic) bond motifs is 1. The van der Waals surface area contributed by atoms with Crippen molar-refractivity contribution in [2.45, 2.75) is 71.4 Å². The standard InChI is InChI=1S/C34H44N4O4/c1-5-42-32(41)34(21-25-12-7-6-8-13-25)16-11-17-38(23-34)31(40)29(37-30(39)18-24(2)20-33(3,4)35)19-26-22-36-28-15-10-9-14-27(26)28/h6-10,12-15,18,22,29,36H,5,11,16-17,19-21,23,35H2,1-4H3,(H,37,39)/t29-,34?/m1/s1. The molecule has 1 aliphatic rings. The molecular weight excluding hydrogens is 528 g/mol. The molecule has 1 fully saturated rings. The highest BCUT2D eigenvalue weighted by Gasteiger charge is 2.45. The van der Waals surface area contributed by atoms with Crippen molar-refractivity contribution >= 4 is 28.7 Å². The van der Waals surface area contributed by atoms with Crippen LogP contribution in [0.3, 0.4) is 0 Å². The first-order valence-electron chi connectivity index (χ1n) is 14.8. The van der Waals surface area contributed by atoms with Crippen LogP contribution in [0.5, 0.6) is 0 Å². The Hall–Kier alpha value is -3.91. The van der Waals surface area contributed by atoms with Gasteiger partial charge in [0.25, 0.3) is 0 Å². The fraction of sp³-hybridized carbons (Fsp3) is 0.441. The third kappa shape index (κ3) is 7.88. The van der Waals surface area contributed by atoms with Crippen LogP contribution in [0.1, 0.15) is 58.1 Å². The molecule has 2 heterocycles. The number of benzene rings is 2. The van der Waals surface area contributed by atoms with E-state index in [9.17, 15) is 14.4 Å². The van der Waals surface area contributed by atoms with E-state index in [4.69, 9.17) is 10.5 Å². The van der Waals surface area contributed by atoms with Crippen LogP contribution in [0.15, 0.2) is 72.4 Å². The first-order chi connectivity index (χ1) is 20.0. The molecule has 42 heavy (non-hydrogen) atoms. The van der Waals surface area contributed by atoms with Gasteiger partial charge in [-0.2, -0.15) is 0 Å². The van der Waals surface area contributed by atoms with Crippen molar-refractivity contribution in [1.29, 1.82) is 0 Å². The molecule has 0 spiro atoms. The summed E-state index contributed by atoms with van der Waals surface area (Å²) in [4.78, 5) is 45.9. The minimum atomic E-state index is -0.857. The number of likely N-dealkylation sites (tertiary alicyclic amines) is 1. The normalized spacial score (nSPS) is 18.5. The lowest BCUT2D eigenvalue weighted by Gasteiger charge is -2.42. The lowest BCUT2D eigenvalue weighted by Crippen LogP contribution is -2.56. The van der Waals surface area contributed by atoms with Crippen LogP contribution < -0.4 is 11.1 Å². The number of aromatic amines is 1. The average Bonchev–Trinajstić information content (AvgIpc) is 3.34. The quantitative estimate of drug-likeness (QED) is 0.228. The van der Waals surface area contributed by atoms with Crippen LogP contribution in [0.4, 0.5) is 0 Å². The van der Waals surface area contributed by atoms with Gasteiger partial charge in [-0.15, -0.1) is 0 Å². The van der Waals surface area contributed by atoms with Gasteiger partial charge in [0, 0.05) is 48.2 Å². The molecule has 0 saturated carbocycles. The Bertz CT molecular complexity index is 1420. The number of carbonyl (C=O) groups excluding carboxylic acids is 3. The van der Waals surface area contributed by atoms with E-state index in [2.05, 4.69) is 10.3 Å². The van der Waals surface area contributed by atoms with Crippen molar-refractivity contribution in [2.24, 2.45) is 11.1 Å². The number of esters is 1. The third-order valence-corrected chi connectivity index (χ3v) is 7.81. The summed E-state index contributed by atoms with van der Waals surface area (Å²) in [5, 5.41) is 3.99. The van der Waals surface area contributed by atoms with Gasteiger partial charge in [0.15, 0.2) is 0 Å². The number of rotatable bonds is 11. The third-order valence-electron chi connectivity index (χ3n) is 7.81. The van der Waals surface area contributed by atoms with E-state index in [1.54, 1.807) is 11.8 Å². The highest BCUT2D eigenvalue weighted by molar-refractivity contribution is 5.94. The molecule has 8 heteroatoms. The number of nitrogens with one attached hydrogen (secondary N) is 2. The van der Waals surface area contributed by atoms with E-state index in [0.29, 0.717) is 38.6 Å². The van der Waals surface area contributed by atoms with Crippen molar-refractivity contribution in [3.05, 3.63) is 83.6 Å². The van der Waals surface area contributed by atoms with Gasteiger partial charge in [0.05, 0.1) is 12.0 Å². The van der Waals surface area contributed by atoms with E-state index < -0.39 is 17.0 Å². The molecule has 0 bridgehead atoms. The van der Waals surface area contributed by atoms with Crippen molar-refractivity contribution in [3.63, 3.8) is 0 Å². The van der Waals surface area contributed by atoms with Crippen LogP contribution in [0.25, 0.3) is 10.9 Å². The Balaban J connectivity index is 1.62. The first kappa shape index (κ1) is 31.0. The van der Waals surface area contributed by atoms with E-state index in [1.807, 2.05) is 81.6 Å². The monoisotopic (exact) mass is 572 g/mol. The fourth-order valence-corrected chi connectivity index (χ4v) is 6.12. The second-order valence-corrected chi connectivity index (χ2v) is 12.3. The van der Waals surface area contributed by atoms with Gasteiger partial charge in [0.1, 0.15) is 6.04 Å². The predicted molar refractivity (Wildman–Crippen MR) is 166 cm³/mol. The maximum Gasteiger partial charge on any atom is 0.314 e. The topological polar surface area (TPSA) is 118 Å². The Labute approximate surface area is 248 Å². The minimum Gasteiger partial charge on any atom is -0.466 e. The predicted octanol–water partition coefficient (Wildman–Crippen LogP) is 4.68. The van der Waals surface area contributed by atoms with Crippen LogP contribution in [-0.2, 0) is 32.0 Å². The Morgan fingerprint density at radius 1 is 1.14 bits per heavy atom. The van der Waals surface area contributed by atoms with E-state index in [0.717, 1.165) is 27.6 Å². The largest absolute Gasteiger partial charge is 0.466 e. The molecule has 4 N–H and O–H groups in total. The van der Waals surface area contributed by atoms with Crippen molar-refractivity contribution in [3.8, 4) is 0 Å². The van der Waals surface area contributed by atoms with Gasteiger partial charge >= 0.3 is 5.97 Å². The molecular formula is C34H44N4O4. The second-order valence-electron chi connectivity index (χ2n) is 12.3. The summed E-state index contributed by atoms with van der Waals surface area (Å²) in [6, 6.07) is 16.9. The maximum absolute atomic E-state index is 14.2. The van der Waals surface area contributed by atoms with Crippen molar-refractivity contribution in [2.75, 3.05) is 19.7 Å². The SMILES string of the molecule is CCOC(=O)C1(Cc2ccccc2)CCCN(C(=O)[C@@H](Cc2c[nH]c3ccccc23)NC(=O)C=C(C)CC(C)(C)N)C1. The summed E-state index contributed by atoms with van der Waals surface area (Å²) >= 11 is 0. The summed E-state index contributed by atoms with van der Waals surface area (Å²) < 4.78 is 5.56. The van der Waals surface area contributed by atoms with Gasteiger partial charge < -0.3 is 25.7 Å². The molecule has 0 radical (unpaired) electrons. The number of ether oxygens (including phenoxy) is 1. The second kappa shape index (κ2) is 13.4. The summed E-state index contributed by atoms with van der Waals surface area (Å²) in [6.07, 6.45) is 6.05. The van der Waals surface area contributed by atoms with Crippen LogP contribution in [0, 0.1) is 5.41 Å². The number of hydrogen-bond acceptors (Lipinski definition) is 5. The lowest BCUT2D eigenvalue weighted by molar-refractivity contribution is -0.161. The number of para-hydroxylation sites is 1. The zero-order chi connectivity index (χ0) is 30.3. The van der Waals surface area contributed by atoms with Crippen molar-refractivity contribution in [1.82, 2.24) is 15.2 Å².